The van der Waals surface area contributed by atoms with E-state index in [2.05, 4.69) is 0 Å². The van der Waals surface area contributed by atoms with Crippen molar-refractivity contribution in [3.05, 3.63) is 47.0 Å². The fraction of sp³-hybridized carbons (Fsp3) is 0.320. The van der Waals surface area contributed by atoms with E-state index in [0.717, 1.165) is 6.08 Å². The number of carbonyl (C=O) groups is 3. The molecule has 1 aliphatic rings. The zero-order chi connectivity index (χ0) is 28.1. The zero-order valence-electron chi connectivity index (χ0n) is 20.8. The first-order valence-electron chi connectivity index (χ1n) is 11.0. The summed E-state index contributed by atoms with van der Waals surface area (Å²) in [6.45, 7) is 0. The van der Waals surface area contributed by atoms with Gasteiger partial charge in [0, 0.05) is 12.0 Å². The number of ether oxygens (including phenoxy) is 6. The summed E-state index contributed by atoms with van der Waals surface area (Å²) in [6, 6.07) is 4.68. The van der Waals surface area contributed by atoms with Crippen molar-refractivity contribution in [2.75, 3.05) is 28.4 Å². The van der Waals surface area contributed by atoms with Crippen LogP contribution in [0.4, 0.5) is 0 Å². The van der Waals surface area contributed by atoms with E-state index in [1.807, 2.05) is 0 Å². The van der Waals surface area contributed by atoms with E-state index in [-0.39, 0.29) is 57.6 Å². The summed E-state index contributed by atoms with van der Waals surface area (Å²) in [7, 11) is 5.04. The molecule has 0 radical (unpaired) electrons. The molecule has 0 heterocycles. The maximum Gasteiger partial charge on any atom is 0.339 e. The highest BCUT2D eigenvalue weighted by Crippen LogP contribution is 2.39. The second kappa shape index (κ2) is 11.6. The SMILES string of the molecule is COc1cc(C(=O)O[C@@H]2C=C(C(=O)O)C[C@@H](OC(=O)c3cc(OC)c(O)c(OC)c3)[C@@H]2O)cc(OC)c1O. The number of hydrogen-bond donors (Lipinski definition) is 4. The van der Waals surface area contributed by atoms with Gasteiger partial charge in [-0.05, 0) is 30.3 Å². The van der Waals surface area contributed by atoms with Crippen molar-refractivity contribution in [1.82, 2.24) is 0 Å². The maximum absolute atomic E-state index is 12.9. The van der Waals surface area contributed by atoms with Crippen LogP contribution in [0.15, 0.2) is 35.9 Å². The highest BCUT2D eigenvalue weighted by atomic mass is 16.6. The lowest BCUT2D eigenvalue weighted by Crippen LogP contribution is -2.45. The molecule has 38 heavy (non-hydrogen) atoms. The summed E-state index contributed by atoms with van der Waals surface area (Å²) in [5, 5.41) is 40.5. The molecule has 2 aromatic rings. The average molecular weight is 534 g/mol. The lowest BCUT2D eigenvalue weighted by atomic mass is 9.91. The summed E-state index contributed by atoms with van der Waals surface area (Å²) >= 11 is 0. The summed E-state index contributed by atoms with van der Waals surface area (Å²) in [5.41, 5.74) is -0.518. The smallest absolute Gasteiger partial charge is 0.339 e. The topological polar surface area (TPSA) is 188 Å². The fourth-order valence-electron chi connectivity index (χ4n) is 3.71. The molecule has 0 spiro atoms. The van der Waals surface area contributed by atoms with Crippen molar-refractivity contribution in [2.45, 2.75) is 24.7 Å². The second-order valence-electron chi connectivity index (χ2n) is 7.96. The minimum Gasteiger partial charge on any atom is -0.502 e. The van der Waals surface area contributed by atoms with Gasteiger partial charge in [0.25, 0.3) is 0 Å². The van der Waals surface area contributed by atoms with Crippen molar-refractivity contribution in [1.29, 1.82) is 0 Å². The summed E-state index contributed by atoms with van der Waals surface area (Å²) in [4.78, 5) is 37.4. The number of phenolic OH excluding ortho intramolecular Hbond substituents is 2. The number of aliphatic carboxylic acids is 1. The Morgan fingerprint density at radius 2 is 1.13 bits per heavy atom. The van der Waals surface area contributed by atoms with Gasteiger partial charge in [-0.1, -0.05) is 0 Å². The van der Waals surface area contributed by atoms with Gasteiger partial charge in [0.1, 0.15) is 12.2 Å². The highest BCUT2D eigenvalue weighted by molar-refractivity contribution is 5.93. The molecule has 4 N–H and O–H groups in total. The molecule has 3 atom stereocenters. The molecule has 0 saturated carbocycles. The standard InChI is InChI=1S/C25H26O13/c1-33-14-7-12(8-15(34-2)20(14)26)24(31)37-18-5-11(23(29)30)6-19(22(18)28)38-25(32)13-9-16(35-3)21(27)17(10-13)36-4/h5,7-10,18-19,22,26-28H,6H2,1-4H3,(H,29,30)/t18-,19-,22-/m1/s1. The van der Waals surface area contributed by atoms with Crippen LogP contribution in [0.5, 0.6) is 34.5 Å². The van der Waals surface area contributed by atoms with Crippen molar-refractivity contribution < 1.29 is 63.2 Å². The molecular weight excluding hydrogens is 508 g/mol. The Morgan fingerprint density at radius 1 is 0.737 bits per heavy atom. The van der Waals surface area contributed by atoms with E-state index in [9.17, 15) is 34.8 Å². The molecule has 13 nitrogen and oxygen atoms in total. The Labute approximate surface area is 216 Å². The van der Waals surface area contributed by atoms with Crippen molar-refractivity contribution >= 4 is 17.9 Å². The molecule has 204 valence electrons. The number of benzene rings is 2. The first-order valence-corrected chi connectivity index (χ1v) is 11.0. The molecule has 0 amide bonds. The van der Waals surface area contributed by atoms with Gasteiger partial charge in [0.15, 0.2) is 29.1 Å². The number of aromatic hydroxyl groups is 2. The van der Waals surface area contributed by atoms with E-state index < -0.39 is 36.2 Å². The largest absolute Gasteiger partial charge is 0.502 e. The predicted octanol–water partition coefficient (Wildman–Crippen LogP) is 1.66. The van der Waals surface area contributed by atoms with Crippen molar-refractivity contribution in [2.24, 2.45) is 0 Å². The quantitative estimate of drug-likeness (QED) is 0.340. The number of carboxylic acids is 1. The lowest BCUT2D eigenvalue weighted by molar-refractivity contribution is -0.134. The van der Waals surface area contributed by atoms with Gasteiger partial charge < -0.3 is 48.8 Å². The van der Waals surface area contributed by atoms with Crippen LogP contribution in [-0.4, -0.2) is 85.1 Å². The molecule has 0 saturated heterocycles. The van der Waals surface area contributed by atoms with Gasteiger partial charge in [0.2, 0.25) is 11.5 Å². The number of hydrogen-bond acceptors (Lipinski definition) is 12. The Bertz CT molecular complexity index is 1220. The third kappa shape index (κ3) is 5.67. The molecular formula is C25H26O13. The number of aliphatic hydroxyl groups excluding tert-OH is 1. The number of aliphatic hydroxyl groups is 1. The summed E-state index contributed by atoms with van der Waals surface area (Å²) < 4.78 is 30.8. The van der Waals surface area contributed by atoms with Crippen molar-refractivity contribution in [3.8, 4) is 34.5 Å². The molecule has 1 aliphatic carbocycles. The van der Waals surface area contributed by atoms with E-state index in [0.29, 0.717) is 0 Å². The zero-order valence-corrected chi connectivity index (χ0v) is 20.8. The van der Waals surface area contributed by atoms with Gasteiger partial charge in [-0.3, -0.25) is 0 Å². The first-order chi connectivity index (χ1) is 18.0. The Balaban J connectivity index is 1.87. The van der Waals surface area contributed by atoms with Crippen LogP contribution in [-0.2, 0) is 14.3 Å². The minimum atomic E-state index is -1.65. The average Bonchev–Trinajstić information content (AvgIpc) is 2.90. The summed E-state index contributed by atoms with van der Waals surface area (Å²) in [5.74, 6) is -4.43. The Hall–Kier alpha value is -4.65. The van der Waals surface area contributed by atoms with E-state index >= 15 is 0 Å². The molecule has 0 aromatic heterocycles. The van der Waals surface area contributed by atoms with Crippen LogP contribution < -0.4 is 18.9 Å². The third-order valence-corrected chi connectivity index (χ3v) is 5.71. The van der Waals surface area contributed by atoms with Gasteiger partial charge >= 0.3 is 17.9 Å². The van der Waals surface area contributed by atoms with Crippen LogP contribution in [0.2, 0.25) is 0 Å². The lowest BCUT2D eigenvalue weighted by Gasteiger charge is -2.32. The normalized spacial score (nSPS) is 18.6. The maximum atomic E-state index is 12.9. The number of carbonyl (C=O) groups excluding carboxylic acids is 2. The third-order valence-electron chi connectivity index (χ3n) is 5.71. The van der Waals surface area contributed by atoms with Gasteiger partial charge in [-0.15, -0.1) is 0 Å². The second-order valence-corrected chi connectivity index (χ2v) is 7.96. The molecule has 0 fully saturated rings. The number of rotatable bonds is 9. The van der Waals surface area contributed by atoms with Crippen LogP contribution >= 0.6 is 0 Å². The van der Waals surface area contributed by atoms with Gasteiger partial charge in [-0.2, -0.15) is 0 Å². The van der Waals surface area contributed by atoms with E-state index in [1.165, 1.54) is 52.7 Å². The van der Waals surface area contributed by atoms with E-state index in [1.54, 1.807) is 0 Å². The number of phenols is 2. The Morgan fingerprint density at radius 3 is 1.50 bits per heavy atom. The van der Waals surface area contributed by atoms with Crippen molar-refractivity contribution in [3.63, 3.8) is 0 Å². The highest BCUT2D eigenvalue weighted by Gasteiger charge is 2.39. The molecule has 13 heteroatoms. The molecule has 3 rings (SSSR count). The monoisotopic (exact) mass is 534 g/mol. The predicted molar refractivity (Wildman–Crippen MR) is 127 cm³/mol. The van der Waals surface area contributed by atoms with Crippen LogP contribution in [0, 0.1) is 0 Å². The fourth-order valence-corrected chi connectivity index (χ4v) is 3.71. The first kappa shape index (κ1) is 27.9. The van der Waals surface area contributed by atoms with Crippen LogP contribution in [0.25, 0.3) is 0 Å². The van der Waals surface area contributed by atoms with Crippen LogP contribution in [0.3, 0.4) is 0 Å². The summed E-state index contributed by atoms with van der Waals surface area (Å²) in [6.07, 6.45) is -3.94. The van der Waals surface area contributed by atoms with Gasteiger partial charge in [0.05, 0.1) is 39.6 Å². The van der Waals surface area contributed by atoms with Gasteiger partial charge in [-0.25, -0.2) is 14.4 Å². The number of carboxylic acid groups (broad SMARTS) is 1. The number of esters is 2. The van der Waals surface area contributed by atoms with Crippen LogP contribution in [0.1, 0.15) is 27.1 Å². The molecule has 0 unspecified atom stereocenters. The van der Waals surface area contributed by atoms with E-state index in [4.69, 9.17) is 28.4 Å². The Kier molecular flexibility index (Phi) is 8.53. The molecule has 0 aliphatic heterocycles. The molecule has 0 bridgehead atoms. The number of methoxy groups -OCH3 is 4. The minimum absolute atomic E-state index is 0.0850. The molecule has 2 aromatic carbocycles.